The highest BCUT2D eigenvalue weighted by atomic mass is 35.5. The van der Waals surface area contributed by atoms with E-state index in [1.165, 1.54) is 0 Å². The molecular weight excluding hydrogens is 457 g/mol. The highest BCUT2D eigenvalue weighted by Crippen LogP contribution is 2.41. The van der Waals surface area contributed by atoms with Crippen molar-refractivity contribution in [3.05, 3.63) is 87.0 Å². The Kier molecular flexibility index (Phi) is 7.85. The molecule has 0 bridgehead atoms. The lowest BCUT2D eigenvalue weighted by Crippen LogP contribution is -2.12. The largest absolute Gasteiger partial charge is 0.506 e. The number of aliphatic imine (C=N–C) groups is 1. The molecule has 0 spiro atoms. The SMILES string of the molecule is C=CCOc1c(Cl)cc(/C=C2\SC(=Nc3ccccc3)C(C(=O)OCC)=C2O)cc1Cl. The molecule has 0 unspecified atom stereocenters. The lowest BCUT2D eigenvalue weighted by atomic mass is 10.1. The summed E-state index contributed by atoms with van der Waals surface area (Å²) >= 11 is 13.7. The van der Waals surface area contributed by atoms with Crippen molar-refractivity contribution in [1.82, 2.24) is 0 Å². The molecular formula is C23H19Cl2NO4S. The molecule has 0 saturated heterocycles. The van der Waals surface area contributed by atoms with Gasteiger partial charge in [0, 0.05) is 0 Å². The minimum atomic E-state index is -0.644. The van der Waals surface area contributed by atoms with E-state index in [2.05, 4.69) is 11.6 Å². The first kappa shape index (κ1) is 23.0. The normalized spacial score (nSPS) is 16.1. The van der Waals surface area contributed by atoms with Crippen LogP contribution in [0.5, 0.6) is 5.75 Å². The van der Waals surface area contributed by atoms with Gasteiger partial charge in [0.2, 0.25) is 0 Å². The quantitative estimate of drug-likeness (QED) is 0.354. The fourth-order valence-electron chi connectivity index (χ4n) is 2.71. The minimum absolute atomic E-state index is 0.0186. The number of thioether (sulfide) groups is 1. The second-order valence-corrected chi connectivity index (χ2v) is 8.07. The molecule has 0 atom stereocenters. The number of aliphatic hydroxyl groups excluding tert-OH is 1. The van der Waals surface area contributed by atoms with Gasteiger partial charge in [0.15, 0.2) is 5.75 Å². The number of hydrogen-bond donors (Lipinski definition) is 1. The van der Waals surface area contributed by atoms with Crippen LogP contribution in [0.4, 0.5) is 5.69 Å². The zero-order chi connectivity index (χ0) is 22.4. The Morgan fingerprint density at radius 1 is 1.23 bits per heavy atom. The number of ether oxygens (including phenoxy) is 2. The van der Waals surface area contributed by atoms with E-state index in [9.17, 15) is 9.90 Å². The lowest BCUT2D eigenvalue weighted by molar-refractivity contribution is -0.138. The fourth-order valence-corrected chi connectivity index (χ4v) is 4.35. The van der Waals surface area contributed by atoms with Gasteiger partial charge in [-0.3, -0.25) is 0 Å². The van der Waals surface area contributed by atoms with Crippen LogP contribution in [-0.4, -0.2) is 29.3 Å². The van der Waals surface area contributed by atoms with Crippen LogP contribution >= 0.6 is 35.0 Å². The predicted molar refractivity (Wildman–Crippen MR) is 128 cm³/mol. The van der Waals surface area contributed by atoms with Crippen molar-refractivity contribution in [3.8, 4) is 5.75 Å². The molecule has 1 N–H and O–H groups in total. The maximum Gasteiger partial charge on any atom is 0.344 e. The maximum absolute atomic E-state index is 12.5. The number of rotatable bonds is 7. The van der Waals surface area contributed by atoms with Gasteiger partial charge in [-0.1, -0.05) is 65.8 Å². The van der Waals surface area contributed by atoms with Crippen molar-refractivity contribution in [3.63, 3.8) is 0 Å². The molecule has 0 saturated carbocycles. The minimum Gasteiger partial charge on any atom is -0.506 e. The summed E-state index contributed by atoms with van der Waals surface area (Å²) in [4.78, 5) is 17.4. The smallest absolute Gasteiger partial charge is 0.344 e. The molecule has 2 aromatic carbocycles. The van der Waals surface area contributed by atoms with Crippen molar-refractivity contribution < 1.29 is 19.4 Å². The number of hydrogen-bond acceptors (Lipinski definition) is 6. The van der Waals surface area contributed by atoms with Gasteiger partial charge in [-0.05, 0) is 42.8 Å². The molecule has 1 heterocycles. The second-order valence-electron chi connectivity index (χ2n) is 6.22. The third kappa shape index (κ3) is 5.53. The Balaban J connectivity index is 2.01. The molecule has 0 aromatic heterocycles. The summed E-state index contributed by atoms with van der Waals surface area (Å²) in [5.41, 5.74) is 1.29. The third-order valence-corrected chi connectivity index (χ3v) is 5.60. The van der Waals surface area contributed by atoms with Crippen LogP contribution in [0.1, 0.15) is 12.5 Å². The Labute approximate surface area is 194 Å². The molecule has 31 heavy (non-hydrogen) atoms. The van der Waals surface area contributed by atoms with Crippen LogP contribution in [0, 0.1) is 0 Å². The number of carbonyl (C=O) groups is 1. The zero-order valence-corrected chi connectivity index (χ0v) is 18.9. The molecule has 3 rings (SSSR count). The molecule has 8 heteroatoms. The zero-order valence-electron chi connectivity index (χ0n) is 16.6. The van der Waals surface area contributed by atoms with Crippen LogP contribution in [0.2, 0.25) is 10.0 Å². The average molecular weight is 476 g/mol. The first-order valence-corrected chi connectivity index (χ1v) is 10.9. The predicted octanol–water partition coefficient (Wildman–Crippen LogP) is 6.75. The van der Waals surface area contributed by atoms with E-state index in [0.29, 0.717) is 37.0 Å². The van der Waals surface area contributed by atoms with Crippen LogP contribution in [0.3, 0.4) is 0 Å². The molecule has 2 aromatic rings. The van der Waals surface area contributed by atoms with Gasteiger partial charge in [-0.25, -0.2) is 9.79 Å². The summed E-state index contributed by atoms with van der Waals surface area (Å²) in [6, 6.07) is 12.5. The molecule has 0 fully saturated rings. The highest BCUT2D eigenvalue weighted by Gasteiger charge is 2.33. The standard InChI is InChI=1S/C23H19Cl2NO4S/c1-3-10-30-21-16(24)11-14(12-17(21)25)13-18-20(27)19(23(28)29-4-2)22(31-18)26-15-8-6-5-7-9-15/h3,5-9,11-13,27H,1,4,10H2,2H3/b18-13-,26-22?. The van der Waals surface area contributed by atoms with E-state index in [4.69, 9.17) is 32.7 Å². The third-order valence-electron chi connectivity index (χ3n) is 4.02. The Morgan fingerprint density at radius 2 is 1.90 bits per heavy atom. The molecule has 160 valence electrons. The average Bonchev–Trinajstić information content (AvgIpc) is 3.03. The van der Waals surface area contributed by atoms with Crippen LogP contribution in [0.15, 0.2) is 76.3 Å². The summed E-state index contributed by atoms with van der Waals surface area (Å²) < 4.78 is 10.6. The number of nitrogens with zero attached hydrogens (tertiary/aromatic N) is 1. The topological polar surface area (TPSA) is 68.1 Å². The van der Waals surface area contributed by atoms with Gasteiger partial charge in [0.1, 0.15) is 23.0 Å². The van der Waals surface area contributed by atoms with Crippen LogP contribution in [0.25, 0.3) is 6.08 Å². The van der Waals surface area contributed by atoms with E-state index in [-0.39, 0.29) is 24.5 Å². The van der Waals surface area contributed by atoms with E-state index in [0.717, 1.165) is 11.8 Å². The van der Waals surface area contributed by atoms with Gasteiger partial charge < -0.3 is 14.6 Å². The second kappa shape index (κ2) is 10.6. The first-order valence-electron chi connectivity index (χ1n) is 9.31. The molecule has 1 aliphatic heterocycles. The van der Waals surface area contributed by atoms with Gasteiger partial charge in [0.05, 0.1) is 27.2 Å². The number of carbonyl (C=O) groups excluding carboxylic acids is 1. The van der Waals surface area contributed by atoms with Crippen LogP contribution < -0.4 is 4.74 Å². The van der Waals surface area contributed by atoms with E-state index in [1.54, 1.807) is 43.3 Å². The van der Waals surface area contributed by atoms with E-state index >= 15 is 0 Å². The monoisotopic (exact) mass is 475 g/mol. The van der Waals surface area contributed by atoms with Crippen molar-refractivity contribution in [2.24, 2.45) is 4.99 Å². The van der Waals surface area contributed by atoms with Crippen LogP contribution in [-0.2, 0) is 9.53 Å². The van der Waals surface area contributed by atoms with Crippen molar-refractivity contribution in [2.75, 3.05) is 13.2 Å². The lowest BCUT2D eigenvalue weighted by Gasteiger charge is -2.09. The number of para-hydroxylation sites is 1. The summed E-state index contributed by atoms with van der Waals surface area (Å²) in [5, 5.41) is 11.7. The number of halogens is 2. The van der Waals surface area contributed by atoms with E-state index < -0.39 is 5.97 Å². The number of benzene rings is 2. The van der Waals surface area contributed by atoms with Crippen molar-refractivity contribution in [1.29, 1.82) is 0 Å². The Morgan fingerprint density at radius 3 is 2.52 bits per heavy atom. The van der Waals surface area contributed by atoms with Crippen molar-refractivity contribution >= 4 is 57.7 Å². The number of aliphatic hydroxyl groups is 1. The van der Waals surface area contributed by atoms with Gasteiger partial charge in [-0.2, -0.15) is 0 Å². The summed E-state index contributed by atoms with van der Waals surface area (Å²) in [5.74, 6) is -0.505. The summed E-state index contributed by atoms with van der Waals surface area (Å²) in [7, 11) is 0. The fraction of sp³-hybridized carbons (Fsp3) is 0.130. The Hall–Kier alpha value is -2.67. The molecule has 0 radical (unpaired) electrons. The number of esters is 1. The molecule has 0 amide bonds. The van der Waals surface area contributed by atoms with Gasteiger partial charge in [-0.15, -0.1) is 0 Å². The first-order chi connectivity index (χ1) is 14.9. The highest BCUT2D eigenvalue weighted by molar-refractivity contribution is 8.18. The van der Waals surface area contributed by atoms with Gasteiger partial charge in [0.25, 0.3) is 0 Å². The maximum atomic E-state index is 12.5. The molecule has 0 aliphatic carbocycles. The van der Waals surface area contributed by atoms with Gasteiger partial charge >= 0.3 is 5.97 Å². The summed E-state index contributed by atoms with van der Waals surface area (Å²) in [6.45, 7) is 5.73. The van der Waals surface area contributed by atoms with Crippen molar-refractivity contribution in [2.45, 2.75) is 6.92 Å². The van der Waals surface area contributed by atoms with E-state index in [1.807, 2.05) is 18.2 Å². The summed E-state index contributed by atoms with van der Waals surface area (Å²) in [6.07, 6.45) is 3.26. The molecule has 1 aliphatic rings. The molecule has 5 nitrogen and oxygen atoms in total. The Bertz CT molecular complexity index is 1070.